The summed E-state index contributed by atoms with van der Waals surface area (Å²) in [6.45, 7) is -0.0426. The first kappa shape index (κ1) is 10.1. The molecule has 0 bridgehead atoms. The van der Waals surface area contributed by atoms with Crippen LogP contribution in [0.25, 0.3) is 10.1 Å². The number of aliphatic hydroxyl groups is 1. The van der Waals surface area contributed by atoms with Crippen molar-refractivity contribution in [3.63, 3.8) is 0 Å². The van der Waals surface area contributed by atoms with Gasteiger partial charge in [0.15, 0.2) is 5.13 Å². The summed E-state index contributed by atoms with van der Waals surface area (Å²) in [4.78, 5) is 0. The number of halogens is 2. The molecular formula is C10H8BrFOS. The van der Waals surface area contributed by atoms with Crippen molar-refractivity contribution in [1.82, 2.24) is 0 Å². The molecule has 0 aliphatic heterocycles. The van der Waals surface area contributed by atoms with Gasteiger partial charge in [-0.15, -0.1) is 11.3 Å². The Kier molecular flexibility index (Phi) is 2.85. The largest absolute Gasteiger partial charge is 0.392 e. The number of alkyl halides is 1. The lowest BCUT2D eigenvalue weighted by molar-refractivity contribution is 0.283. The molecule has 0 radical (unpaired) electrons. The molecule has 2 rings (SSSR count). The molecule has 2 aromatic rings. The lowest BCUT2D eigenvalue weighted by atomic mass is 10.1. The van der Waals surface area contributed by atoms with Gasteiger partial charge >= 0.3 is 0 Å². The first-order valence-electron chi connectivity index (χ1n) is 4.13. The van der Waals surface area contributed by atoms with E-state index in [1.807, 2.05) is 12.1 Å². The van der Waals surface area contributed by atoms with Crippen LogP contribution in [0.3, 0.4) is 0 Å². The third kappa shape index (κ3) is 1.58. The Morgan fingerprint density at radius 3 is 2.71 bits per heavy atom. The molecule has 1 heterocycles. The van der Waals surface area contributed by atoms with Gasteiger partial charge in [0.1, 0.15) is 0 Å². The lowest BCUT2D eigenvalue weighted by Gasteiger charge is -2.02. The van der Waals surface area contributed by atoms with Gasteiger partial charge in [0.05, 0.1) is 6.61 Å². The van der Waals surface area contributed by atoms with Crippen molar-refractivity contribution in [1.29, 1.82) is 0 Å². The highest BCUT2D eigenvalue weighted by Gasteiger charge is 2.09. The molecular weight excluding hydrogens is 267 g/mol. The zero-order chi connectivity index (χ0) is 10.1. The molecule has 14 heavy (non-hydrogen) atoms. The Hall–Kier alpha value is -0.450. The van der Waals surface area contributed by atoms with Gasteiger partial charge in [-0.05, 0) is 22.6 Å². The van der Waals surface area contributed by atoms with Crippen LogP contribution in [0.4, 0.5) is 4.39 Å². The molecule has 0 aliphatic carbocycles. The molecule has 0 spiro atoms. The van der Waals surface area contributed by atoms with Gasteiger partial charge in [0.25, 0.3) is 0 Å². The van der Waals surface area contributed by atoms with Gasteiger partial charge < -0.3 is 5.11 Å². The first-order valence-corrected chi connectivity index (χ1v) is 6.06. The van der Waals surface area contributed by atoms with Crippen LogP contribution in [0.15, 0.2) is 18.2 Å². The second kappa shape index (κ2) is 3.96. The van der Waals surface area contributed by atoms with Gasteiger partial charge in [-0.1, -0.05) is 28.1 Å². The zero-order valence-electron chi connectivity index (χ0n) is 7.26. The molecule has 74 valence electrons. The SMILES string of the molecule is OCc1ccc(CBr)c2cc(F)sc12. The Morgan fingerprint density at radius 1 is 1.36 bits per heavy atom. The highest BCUT2D eigenvalue weighted by atomic mass is 79.9. The average molecular weight is 275 g/mol. The van der Waals surface area contributed by atoms with E-state index in [1.165, 1.54) is 6.07 Å². The fourth-order valence-electron chi connectivity index (χ4n) is 1.45. The quantitative estimate of drug-likeness (QED) is 0.832. The van der Waals surface area contributed by atoms with Gasteiger partial charge in [0, 0.05) is 10.0 Å². The standard InChI is InChI=1S/C10H8BrFOS/c11-4-6-1-2-7(5-13)10-8(6)3-9(12)14-10/h1-3,13H,4-5H2. The van der Waals surface area contributed by atoms with E-state index < -0.39 is 0 Å². The maximum Gasteiger partial charge on any atom is 0.177 e. The summed E-state index contributed by atoms with van der Waals surface area (Å²) >= 11 is 4.44. The van der Waals surface area contributed by atoms with E-state index in [0.717, 1.165) is 32.5 Å². The average Bonchev–Trinajstić information content (AvgIpc) is 2.57. The van der Waals surface area contributed by atoms with Gasteiger partial charge in [-0.2, -0.15) is 4.39 Å². The number of hydrogen-bond donors (Lipinski definition) is 1. The number of hydrogen-bond acceptors (Lipinski definition) is 2. The van der Waals surface area contributed by atoms with Crippen LogP contribution in [0.1, 0.15) is 11.1 Å². The Labute approximate surface area is 93.3 Å². The van der Waals surface area contributed by atoms with E-state index in [9.17, 15) is 4.39 Å². The molecule has 0 fully saturated rings. The van der Waals surface area contributed by atoms with Crippen molar-refractivity contribution < 1.29 is 9.50 Å². The van der Waals surface area contributed by atoms with Crippen LogP contribution in [-0.4, -0.2) is 5.11 Å². The maximum atomic E-state index is 13.1. The normalized spacial score (nSPS) is 11.1. The third-order valence-corrected chi connectivity index (χ3v) is 3.74. The third-order valence-electron chi connectivity index (χ3n) is 2.14. The van der Waals surface area contributed by atoms with E-state index >= 15 is 0 Å². The van der Waals surface area contributed by atoms with Crippen molar-refractivity contribution in [2.75, 3.05) is 0 Å². The molecule has 1 N–H and O–H groups in total. The van der Waals surface area contributed by atoms with E-state index in [0.29, 0.717) is 5.33 Å². The van der Waals surface area contributed by atoms with Crippen LogP contribution in [-0.2, 0) is 11.9 Å². The number of rotatable bonds is 2. The highest BCUT2D eigenvalue weighted by molar-refractivity contribution is 9.08. The highest BCUT2D eigenvalue weighted by Crippen LogP contribution is 2.31. The molecule has 0 aliphatic rings. The van der Waals surface area contributed by atoms with Crippen LogP contribution in [0.2, 0.25) is 0 Å². The predicted octanol–water partition coefficient (Wildman–Crippen LogP) is 3.43. The minimum atomic E-state index is -0.205. The smallest absolute Gasteiger partial charge is 0.177 e. The molecule has 0 unspecified atom stereocenters. The molecule has 1 aromatic heterocycles. The molecule has 0 saturated carbocycles. The van der Waals surface area contributed by atoms with Gasteiger partial charge in [0.2, 0.25) is 0 Å². The molecule has 1 aromatic carbocycles. The minimum absolute atomic E-state index is 0.0426. The number of fused-ring (bicyclic) bond motifs is 1. The van der Waals surface area contributed by atoms with Gasteiger partial charge in [-0.3, -0.25) is 0 Å². The Bertz CT molecular complexity index is 425. The molecule has 4 heteroatoms. The zero-order valence-corrected chi connectivity index (χ0v) is 9.66. The number of aliphatic hydroxyl groups excluding tert-OH is 1. The van der Waals surface area contributed by atoms with E-state index in [2.05, 4.69) is 15.9 Å². The summed E-state index contributed by atoms with van der Waals surface area (Å²) in [6.07, 6.45) is 0. The van der Waals surface area contributed by atoms with Crippen LogP contribution >= 0.6 is 27.3 Å². The van der Waals surface area contributed by atoms with Crippen molar-refractivity contribution in [3.8, 4) is 0 Å². The lowest BCUT2D eigenvalue weighted by Crippen LogP contribution is -1.85. The topological polar surface area (TPSA) is 20.2 Å². The number of thiophene rings is 1. The maximum absolute atomic E-state index is 13.1. The minimum Gasteiger partial charge on any atom is -0.392 e. The Morgan fingerprint density at radius 2 is 2.07 bits per heavy atom. The van der Waals surface area contributed by atoms with Gasteiger partial charge in [-0.25, -0.2) is 0 Å². The van der Waals surface area contributed by atoms with Crippen LogP contribution in [0.5, 0.6) is 0 Å². The monoisotopic (exact) mass is 274 g/mol. The van der Waals surface area contributed by atoms with Crippen molar-refractivity contribution in [2.24, 2.45) is 0 Å². The summed E-state index contributed by atoms with van der Waals surface area (Å²) in [5.74, 6) is 0. The number of benzene rings is 1. The molecule has 0 saturated heterocycles. The van der Waals surface area contributed by atoms with Crippen LogP contribution < -0.4 is 0 Å². The van der Waals surface area contributed by atoms with Crippen molar-refractivity contribution >= 4 is 37.4 Å². The summed E-state index contributed by atoms with van der Waals surface area (Å²) < 4.78 is 13.9. The van der Waals surface area contributed by atoms with Crippen molar-refractivity contribution in [3.05, 3.63) is 34.5 Å². The fraction of sp³-hybridized carbons (Fsp3) is 0.200. The summed E-state index contributed by atoms with van der Waals surface area (Å²) in [6, 6.07) is 5.28. The van der Waals surface area contributed by atoms with E-state index in [1.54, 1.807) is 0 Å². The molecule has 1 nitrogen and oxygen atoms in total. The summed E-state index contributed by atoms with van der Waals surface area (Å²) in [7, 11) is 0. The van der Waals surface area contributed by atoms with Crippen LogP contribution in [0, 0.1) is 5.13 Å². The van der Waals surface area contributed by atoms with E-state index in [-0.39, 0.29) is 11.7 Å². The fourth-order valence-corrected chi connectivity index (χ4v) is 2.87. The predicted molar refractivity (Wildman–Crippen MR) is 60.3 cm³/mol. The second-order valence-electron chi connectivity index (χ2n) is 2.97. The second-order valence-corrected chi connectivity index (χ2v) is 4.53. The van der Waals surface area contributed by atoms with E-state index in [4.69, 9.17) is 5.11 Å². The van der Waals surface area contributed by atoms with Crippen molar-refractivity contribution in [2.45, 2.75) is 11.9 Å². The summed E-state index contributed by atoms with van der Waals surface area (Å²) in [5.41, 5.74) is 1.84. The molecule has 0 amide bonds. The first-order chi connectivity index (χ1) is 6.76. The Balaban J connectivity index is 2.77. The summed E-state index contributed by atoms with van der Waals surface area (Å²) in [5, 5.41) is 10.5. The molecule has 0 atom stereocenters.